The van der Waals surface area contributed by atoms with E-state index in [-0.39, 0.29) is 0 Å². The summed E-state index contributed by atoms with van der Waals surface area (Å²) in [5.41, 5.74) is 11.8. The summed E-state index contributed by atoms with van der Waals surface area (Å²) >= 11 is 0. The fraction of sp³-hybridized carbons (Fsp3) is 0.294. The van der Waals surface area contributed by atoms with E-state index >= 15 is 0 Å². The van der Waals surface area contributed by atoms with Gasteiger partial charge in [0, 0.05) is 5.69 Å². The number of hydrogen-bond donors (Lipinski definition) is 1. The van der Waals surface area contributed by atoms with Gasteiger partial charge in [-0.2, -0.15) is 0 Å². The second-order valence-corrected chi connectivity index (χ2v) is 5.38. The highest BCUT2D eigenvalue weighted by atomic mass is 15.1. The summed E-state index contributed by atoms with van der Waals surface area (Å²) < 4.78 is 2.20. The van der Waals surface area contributed by atoms with Crippen LogP contribution >= 0.6 is 0 Å². The van der Waals surface area contributed by atoms with Crippen molar-refractivity contribution in [3.05, 3.63) is 47.4 Å². The van der Waals surface area contributed by atoms with E-state index in [1.807, 2.05) is 0 Å². The van der Waals surface area contributed by atoms with Gasteiger partial charge in [-0.3, -0.25) is 4.57 Å². The average molecular weight is 280 g/mol. The Morgan fingerprint density at radius 1 is 1.14 bits per heavy atom. The molecule has 4 nitrogen and oxygen atoms in total. The van der Waals surface area contributed by atoms with Crippen LogP contribution in [0.4, 0.5) is 5.82 Å². The van der Waals surface area contributed by atoms with Crippen LogP contribution in [0.25, 0.3) is 16.7 Å². The van der Waals surface area contributed by atoms with Crippen molar-refractivity contribution in [2.45, 2.75) is 33.6 Å². The third-order valence-corrected chi connectivity index (χ3v) is 4.07. The molecule has 0 spiro atoms. The lowest BCUT2D eigenvalue weighted by Crippen LogP contribution is -2.03. The molecule has 108 valence electrons. The number of hydrogen-bond acceptors (Lipinski definition) is 3. The van der Waals surface area contributed by atoms with Crippen LogP contribution in [0, 0.1) is 13.8 Å². The van der Waals surface area contributed by atoms with Gasteiger partial charge in [0.2, 0.25) is 0 Å². The predicted octanol–water partition coefficient (Wildman–Crippen LogP) is 3.57. The maximum Gasteiger partial charge on any atom is 0.150 e. The van der Waals surface area contributed by atoms with Crippen LogP contribution < -0.4 is 5.73 Å². The summed E-state index contributed by atoms with van der Waals surface area (Å²) in [7, 11) is 0. The zero-order valence-corrected chi connectivity index (χ0v) is 12.7. The fourth-order valence-corrected chi connectivity index (χ4v) is 2.93. The minimum absolute atomic E-state index is 0.548. The lowest BCUT2D eigenvalue weighted by atomic mass is 10.1. The van der Waals surface area contributed by atoms with Gasteiger partial charge >= 0.3 is 0 Å². The summed E-state index contributed by atoms with van der Waals surface area (Å²) in [5, 5.41) is 0.960. The van der Waals surface area contributed by atoms with E-state index in [0.717, 1.165) is 29.4 Å². The summed E-state index contributed by atoms with van der Waals surface area (Å²) in [6.07, 6.45) is 3.70. The van der Waals surface area contributed by atoms with Crippen molar-refractivity contribution in [3.8, 4) is 5.69 Å². The highest BCUT2D eigenvalue weighted by Gasteiger charge is 2.17. The molecule has 0 bridgehead atoms. The first-order valence-corrected chi connectivity index (χ1v) is 7.31. The smallest absolute Gasteiger partial charge is 0.150 e. The van der Waals surface area contributed by atoms with E-state index in [1.54, 1.807) is 0 Å². The van der Waals surface area contributed by atoms with Crippen molar-refractivity contribution in [3.63, 3.8) is 0 Å². The van der Waals surface area contributed by atoms with Crippen molar-refractivity contribution in [1.29, 1.82) is 0 Å². The SMILES string of the molecule is CCCc1ccccc1-n1c(C)c(C)c2c(N)ncnc21. The summed E-state index contributed by atoms with van der Waals surface area (Å²) in [4.78, 5) is 8.60. The zero-order valence-electron chi connectivity index (χ0n) is 12.7. The molecule has 0 aliphatic carbocycles. The third kappa shape index (κ3) is 2.07. The minimum Gasteiger partial charge on any atom is -0.383 e. The molecule has 2 N–H and O–H groups in total. The molecule has 3 rings (SSSR count). The van der Waals surface area contributed by atoms with Gasteiger partial charge in [0.25, 0.3) is 0 Å². The third-order valence-electron chi connectivity index (χ3n) is 4.07. The second kappa shape index (κ2) is 5.20. The van der Waals surface area contributed by atoms with Crippen LogP contribution in [0.1, 0.15) is 30.2 Å². The molecule has 0 atom stereocenters. The topological polar surface area (TPSA) is 56.7 Å². The summed E-state index contributed by atoms with van der Waals surface area (Å²) in [6.45, 7) is 6.39. The lowest BCUT2D eigenvalue weighted by Gasteiger charge is -2.13. The van der Waals surface area contributed by atoms with E-state index in [9.17, 15) is 0 Å². The van der Waals surface area contributed by atoms with Gasteiger partial charge in [0.05, 0.1) is 11.1 Å². The van der Waals surface area contributed by atoms with Gasteiger partial charge in [0.15, 0.2) is 5.65 Å². The Balaban J connectivity index is 2.36. The van der Waals surface area contributed by atoms with Gasteiger partial charge < -0.3 is 5.73 Å². The molecule has 0 saturated carbocycles. The van der Waals surface area contributed by atoms with Gasteiger partial charge in [-0.05, 0) is 37.5 Å². The van der Waals surface area contributed by atoms with Gasteiger partial charge in [-0.1, -0.05) is 31.5 Å². The summed E-state index contributed by atoms with van der Waals surface area (Å²) in [5.74, 6) is 0.548. The van der Waals surface area contributed by atoms with E-state index in [0.29, 0.717) is 5.82 Å². The fourth-order valence-electron chi connectivity index (χ4n) is 2.93. The molecule has 0 aliphatic heterocycles. The number of nitrogens with zero attached hydrogens (tertiary/aromatic N) is 3. The maximum atomic E-state index is 6.05. The number of benzene rings is 1. The molecule has 2 aromatic heterocycles. The molecule has 4 heteroatoms. The highest BCUT2D eigenvalue weighted by Crippen LogP contribution is 2.31. The first-order chi connectivity index (χ1) is 10.1. The molecular weight excluding hydrogens is 260 g/mol. The van der Waals surface area contributed by atoms with E-state index in [4.69, 9.17) is 5.73 Å². The van der Waals surface area contributed by atoms with E-state index in [2.05, 4.69) is 59.6 Å². The first-order valence-electron chi connectivity index (χ1n) is 7.31. The van der Waals surface area contributed by atoms with Crippen LogP contribution in [0.2, 0.25) is 0 Å². The van der Waals surface area contributed by atoms with E-state index < -0.39 is 0 Å². The Kier molecular flexibility index (Phi) is 3.37. The van der Waals surface area contributed by atoms with Gasteiger partial charge in [-0.15, -0.1) is 0 Å². The summed E-state index contributed by atoms with van der Waals surface area (Å²) in [6, 6.07) is 8.49. The monoisotopic (exact) mass is 280 g/mol. The minimum atomic E-state index is 0.548. The molecule has 0 unspecified atom stereocenters. The average Bonchev–Trinajstić information content (AvgIpc) is 2.73. The Labute approximate surface area is 124 Å². The Morgan fingerprint density at radius 3 is 2.67 bits per heavy atom. The van der Waals surface area contributed by atoms with Crippen molar-refractivity contribution < 1.29 is 0 Å². The maximum absolute atomic E-state index is 6.05. The Hall–Kier alpha value is -2.36. The molecule has 0 saturated heterocycles. The largest absolute Gasteiger partial charge is 0.383 e. The van der Waals surface area contributed by atoms with Crippen molar-refractivity contribution in [2.24, 2.45) is 0 Å². The Morgan fingerprint density at radius 2 is 1.90 bits per heavy atom. The van der Waals surface area contributed by atoms with Crippen molar-refractivity contribution in [1.82, 2.24) is 14.5 Å². The number of aryl methyl sites for hydroxylation is 2. The molecule has 21 heavy (non-hydrogen) atoms. The zero-order chi connectivity index (χ0) is 15.0. The first kappa shape index (κ1) is 13.6. The number of para-hydroxylation sites is 1. The van der Waals surface area contributed by atoms with Crippen LogP contribution in [0.3, 0.4) is 0 Å². The van der Waals surface area contributed by atoms with Crippen LogP contribution in [-0.2, 0) is 6.42 Å². The molecule has 3 aromatic rings. The quantitative estimate of drug-likeness (QED) is 0.798. The number of nitrogens with two attached hydrogens (primary N) is 1. The number of fused-ring (bicyclic) bond motifs is 1. The number of anilines is 1. The molecular formula is C17H20N4. The molecule has 1 aromatic carbocycles. The highest BCUT2D eigenvalue weighted by molar-refractivity contribution is 5.92. The Bertz CT molecular complexity index is 802. The normalized spacial score (nSPS) is 11.2. The number of rotatable bonds is 3. The van der Waals surface area contributed by atoms with Gasteiger partial charge in [0.1, 0.15) is 12.1 Å². The lowest BCUT2D eigenvalue weighted by molar-refractivity contribution is 0.894. The van der Waals surface area contributed by atoms with Crippen LogP contribution in [-0.4, -0.2) is 14.5 Å². The number of nitrogen functional groups attached to an aromatic ring is 1. The molecule has 2 heterocycles. The van der Waals surface area contributed by atoms with Crippen molar-refractivity contribution in [2.75, 3.05) is 5.73 Å². The molecule has 0 fully saturated rings. The molecule has 0 amide bonds. The second-order valence-electron chi connectivity index (χ2n) is 5.38. The predicted molar refractivity (Wildman–Crippen MR) is 86.7 cm³/mol. The number of aromatic nitrogens is 3. The van der Waals surface area contributed by atoms with Gasteiger partial charge in [-0.25, -0.2) is 9.97 Å². The van der Waals surface area contributed by atoms with Crippen LogP contribution in [0.5, 0.6) is 0 Å². The van der Waals surface area contributed by atoms with E-state index in [1.165, 1.54) is 23.3 Å². The standard InChI is InChI=1S/C17H20N4/c1-4-7-13-8-5-6-9-14(13)21-12(3)11(2)15-16(18)19-10-20-17(15)21/h5-6,8-10H,4,7H2,1-3H3,(H2,18,19,20). The van der Waals surface area contributed by atoms with Crippen molar-refractivity contribution >= 4 is 16.9 Å². The van der Waals surface area contributed by atoms with Crippen LogP contribution in [0.15, 0.2) is 30.6 Å². The molecule has 0 aliphatic rings. The molecule has 0 radical (unpaired) electrons.